The summed E-state index contributed by atoms with van der Waals surface area (Å²) in [6.45, 7) is 2.02. The van der Waals surface area contributed by atoms with Crippen molar-refractivity contribution in [2.75, 3.05) is 25.4 Å². The molecular formula is C18H27N3O7S. The van der Waals surface area contributed by atoms with Gasteiger partial charge in [0.2, 0.25) is 0 Å². The smallest absolute Gasteiger partial charge is 0.407 e. The molecule has 10 nitrogen and oxygen atoms in total. The molecule has 11 heteroatoms. The maximum absolute atomic E-state index is 12.0. The van der Waals surface area contributed by atoms with Crippen LogP contribution in [0.2, 0.25) is 0 Å². The van der Waals surface area contributed by atoms with E-state index in [1.807, 2.05) is 37.3 Å². The fraction of sp³-hybridized carbons (Fsp3) is 0.500. The van der Waals surface area contributed by atoms with E-state index < -0.39 is 35.2 Å². The van der Waals surface area contributed by atoms with E-state index in [1.165, 1.54) is 0 Å². The van der Waals surface area contributed by atoms with E-state index in [4.69, 9.17) is 14.6 Å². The van der Waals surface area contributed by atoms with Crippen LogP contribution in [0.25, 0.3) is 0 Å². The molecule has 0 spiro atoms. The minimum absolute atomic E-state index is 0.0199. The highest BCUT2D eigenvalue weighted by Gasteiger charge is 2.20. The summed E-state index contributed by atoms with van der Waals surface area (Å²) in [7, 11) is -1.74. The molecule has 2 atom stereocenters. The lowest BCUT2D eigenvalue weighted by atomic mass is 10.2. The Bertz CT molecular complexity index is 673. The first-order valence-electron chi connectivity index (χ1n) is 9.15. The molecule has 0 radical (unpaired) electrons. The number of hydrogen-bond donors (Lipinski definition) is 4. The predicted octanol–water partition coefficient (Wildman–Crippen LogP) is 1.15. The lowest BCUT2D eigenvalue weighted by Crippen LogP contribution is -2.47. The largest absolute Gasteiger partial charge is 0.480 e. The number of carboxylic acid groups (broad SMARTS) is 1. The summed E-state index contributed by atoms with van der Waals surface area (Å²) in [6.07, 6.45) is 0.162. The van der Waals surface area contributed by atoms with E-state index in [0.29, 0.717) is 6.42 Å². The summed E-state index contributed by atoms with van der Waals surface area (Å²) in [5, 5.41) is 13.9. The summed E-state index contributed by atoms with van der Waals surface area (Å²) >= 11 is 0. The fourth-order valence-electron chi connectivity index (χ4n) is 1.96. The first kappa shape index (κ1) is 24.4. The number of nitrogens with one attached hydrogen (secondary N) is 3. The van der Waals surface area contributed by atoms with Crippen LogP contribution in [0.5, 0.6) is 0 Å². The van der Waals surface area contributed by atoms with Crippen LogP contribution in [0.3, 0.4) is 0 Å². The molecule has 0 saturated carbocycles. The number of carbonyl (C=O) groups is 3. The van der Waals surface area contributed by atoms with Crippen molar-refractivity contribution in [2.45, 2.75) is 32.4 Å². The molecule has 0 aliphatic carbocycles. The van der Waals surface area contributed by atoms with Gasteiger partial charge in [-0.25, -0.2) is 18.5 Å². The summed E-state index contributed by atoms with van der Waals surface area (Å²) in [4.78, 5) is 34.3. The molecule has 0 aliphatic rings. The molecule has 162 valence electrons. The maximum Gasteiger partial charge on any atom is 0.407 e. The quantitative estimate of drug-likeness (QED) is 0.344. The lowest BCUT2D eigenvalue weighted by Gasteiger charge is -2.15. The van der Waals surface area contributed by atoms with Crippen LogP contribution >= 0.6 is 0 Å². The second-order valence-electron chi connectivity index (χ2n) is 5.92. The minimum atomic E-state index is -1.74. The van der Waals surface area contributed by atoms with Gasteiger partial charge in [-0.1, -0.05) is 43.7 Å². The molecule has 0 aromatic heterocycles. The van der Waals surface area contributed by atoms with E-state index in [-0.39, 0.29) is 32.1 Å². The molecule has 4 N–H and O–H groups in total. The highest BCUT2D eigenvalue weighted by Crippen LogP contribution is 2.00. The van der Waals surface area contributed by atoms with Crippen LogP contribution < -0.4 is 15.4 Å². The van der Waals surface area contributed by atoms with Gasteiger partial charge >= 0.3 is 18.2 Å². The zero-order chi connectivity index (χ0) is 21.5. The number of ether oxygens (including phenoxy) is 2. The molecular weight excluding hydrogens is 402 g/mol. The molecule has 0 bridgehead atoms. The average molecular weight is 429 g/mol. The zero-order valence-corrected chi connectivity index (χ0v) is 17.0. The number of carboxylic acids is 1. The fourth-order valence-corrected chi connectivity index (χ4v) is 2.87. The number of carbonyl (C=O) groups excluding carboxylic acids is 2. The minimum Gasteiger partial charge on any atom is -0.480 e. The van der Waals surface area contributed by atoms with Gasteiger partial charge in [0.1, 0.15) is 12.6 Å². The molecule has 0 aliphatic heterocycles. The number of hydrogen-bond acceptors (Lipinski definition) is 6. The Morgan fingerprint density at radius 1 is 1.10 bits per heavy atom. The molecule has 0 heterocycles. The van der Waals surface area contributed by atoms with E-state index >= 15 is 0 Å². The zero-order valence-electron chi connectivity index (χ0n) is 16.2. The van der Waals surface area contributed by atoms with Gasteiger partial charge in [0.25, 0.3) is 0 Å². The van der Waals surface area contributed by atoms with Gasteiger partial charge in [0, 0.05) is 13.1 Å². The maximum atomic E-state index is 12.0. The average Bonchev–Trinajstić information content (AvgIpc) is 2.70. The topological polar surface area (TPSA) is 143 Å². The van der Waals surface area contributed by atoms with Crippen molar-refractivity contribution in [1.82, 2.24) is 15.4 Å². The van der Waals surface area contributed by atoms with Crippen molar-refractivity contribution in [1.29, 1.82) is 0 Å². The van der Waals surface area contributed by atoms with Crippen LogP contribution in [0, 0.1) is 0 Å². The molecule has 1 aromatic rings. The van der Waals surface area contributed by atoms with Gasteiger partial charge in [-0.3, -0.25) is 4.79 Å². The van der Waals surface area contributed by atoms with Crippen molar-refractivity contribution in [2.24, 2.45) is 0 Å². The number of aliphatic carboxylic acids is 1. The van der Waals surface area contributed by atoms with Crippen LogP contribution in [0.4, 0.5) is 9.59 Å². The first-order valence-corrected chi connectivity index (χ1v) is 10.5. The Balaban J connectivity index is 2.24. The van der Waals surface area contributed by atoms with Crippen LogP contribution in [-0.4, -0.2) is 59.0 Å². The van der Waals surface area contributed by atoms with Crippen LogP contribution in [0.15, 0.2) is 30.3 Å². The van der Waals surface area contributed by atoms with Crippen molar-refractivity contribution >= 4 is 29.1 Å². The Kier molecular flexibility index (Phi) is 12.1. The molecule has 1 unspecified atom stereocenters. The van der Waals surface area contributed by atoms with E-state index in [9.17, 15) is 18.6 Å². The molecule has 0 saturated heterocycles. The SMILES string of the molecule is CCCCOC(=O)NC[C@H](NS(=O)CCNC(=O)OCc1ccccc1)C(=O)O. The predicted molar refractivity (Wildman–Crippen MR) is 106 cm³/mol. The third kappa shape index (κ3) is 11.7. The third-order valence-corrected chi connectivity index (χ3v) is 4.65. The van der Waals surface area contributed by atoms with Crippen molar-refractivity contribution in [3.8, 4) is 0 Å². The van der Waals surface area contributed by atoms with E-state index in [0.717, 1.165) is 12.0 Å². The lowest BCUT2D eigenvalue weighted by molar-refractivity contribution is -0.138. The summed E-state index contributed by atoms with van der Waals surface area (Å²) in [5.41, 5.74) is 0.831. The monoisotopic (exact) mass is 429 g/mol. The van der Waals surface area contributed by atoms with Gasteiger partial charge in [-0.2, -0.15) is 0 Å². The molecule has 29 heavy (non-hydrogen) atoms. The van der Waals surface area contributed by atoms with E-state index in [1.54, 1.807) is 0 Å². The number of unbranched alkanes of at least 4 members (excludes halogenated alkanes) is 1. The van der Waals surface area contributed by atoms with Gasteiger partial charge in [-0.05, 0) is 12.0 Å². The highest BCUT2D eigenvalue weighted by molar-refractivity contribution is 7.83. The molecule has 2 amide bonds. The Hall–Kier alpha value is -2.66. The summed E-state index contributed by atoms with van der Waals surface area (Å²) in [5.74, 6) is -1.31. The number of benzene rings is 1. The van der Waals surface area contributed by atoms with Gasteiger partial charge in [0.15, 0.2) is 0 Å². The van der Waals surface area contributed by atoms with Gasteiger partial charge in [-0.15, -0.1) is 0 Å². The second-order valence-corrected chi connectivity index (χ2v) is 7.25. The Morgan fingerprint density at radius 3 is 2.45 bits per heavy atom. The molecule has 0 fully saturated rings. The van der Waals surface area contributed by atoms with Crippen molar-refractivity contribution < 1.29 is 33.2 Å². The number of rotatable bonds is 13. The van der Waals surface area contributed by atoms with Crippen LogP contribution in [0.1, 0.15) is 25.3 Å². The van der Waals surface area contributed by atoms with Gasteiger partial charge in [0.05, 0.1) is 23.3 Å². The molecule has 1 aromatic carbocycles. The summed E-state index contributed by atoms with van der Waals surface area (Å²) < 4.78 is 24.2. The van der Waals surface area contributed by atoms with Gasteiger partial charge < -0.3 is 25.2 Å². The number of alkyl carbamates (subject to hydrolysis) is 2. The van der Waals surface area contributed by atoms with Crippen molar-refractivity contribution in [3.05, 3.63) is 35.9 Å². The second kappa shape index (κ2) is 14.4. The normalized spacial score (nSPS) is 12.4. The van der Waals surface area contributed by atoms with Crippen molar-refractivity contribution in [3.63, 3.8) is 0 Å². The highest BCUT2D eigenvalue weighted by atomic mass is 32.2. The standard InChI is InChI=1S/C18H27N3O7S/c1-2-3-10-27-18(25)20-12-15(16(22)23)21-29(26)11-9-19-17(24)28-13-14-7-5-4-6-8-14/h4-8,15,21H,2-3,9-13H2,1H3,(H,19,24)(H,20,25)(H,22,23)/t15-,29?/m0/s1. The third-order valence-electron chi connectivity index (χ3n) is 3.52. The van der Waals surface area contributed by atoms with Crippen LogP contribution in [-0.2, 0) is 31.9 Å². The molecule has 1 rings (SSSR count). The van der Waals surface area contributed by atoms with E-state index in [2.05, 4.69) is 15.4 Å². The Morgan fingerprint density at radius 2 is 1.79 bits per heavy atom. The first-order chi connectivity index (χ1) is 13.9. The Labute approximate surface area is 171 Å². The number of amides is 2. The summed E-state index contributed by atoms with van der Waals surface area (Å²) in [6, 6.07) is 7.85.